The van der Waals surface area contributed by atoms with Crippen LogP contribution in [-0.2, 0) is 4.79 Å². The highest BCUT2D eigenvalue weighted by atomic mass is 16.2. The number of piperidine rings is 1. The molecule has 3 rings (SSSR count). The van der Waals surface area contributed by atoms with Crippen LogP contribution < -0.4 is 0 Å². The van der Waals surface area contributed by atoms with E-state index in [1.807, 2.05) is 4.90 Å². The SMILES string of the molecule is CC(=O)N1CCCC(c2cncc(-c3cncnc3)n2)C1. The molecule has 108 valence electrons. The van der Waals surface area contributed by atoms with E-state index in [9.17, 15) is 4.79 Å². The van der Waals surface area contributed by atoms with Crippen LogP contribution in [0.1, 0.15) is 31.4 Å². The fourth-order valence-electron chi connectivity index (χ4n) is 2.65. The van der Waals surface area contributed by atoms with Crippen molar-refractivity contribution in [2.75, 3.05) is 13.1 Å². The molecule has 0 aliphatic carbocycles. The standard InChI is InChI=1S/C15H17N5O/c1-11(21)20-4-2-3-12(9-20)14-7-16-8-15(19-14)13-5-17-10-18-6-13/h5-8,10,12H,2-4,9H2,1H3. The molecule has 1 unspecified atom stereocenters. The van der Waals surface area contributed by atoms with Crippen LogP contribution in [0.3, 0.4) is 0 Å². The van der Waals surface area contributed by atoms with Gasteiger partial charge < -0.3 is 4.90 Å². The van der Waals surface area contributed by atoms with E-state index in [-0.39, 0.29) is 11.8 Å². The Morgan fingerprint density at radius 2 is 2.00 bits per heavy atom. The summed E-state index contributed by atoms with van der Waals surface area (Å²) in [6, 6.07) is 0. The van der Waals surface area contributed by atoms with Gasteiger partial charge in [0.1, 0.15) is 6.33 Å². The second-order valence-corrected chi connectivity index (χ2v) is 5.26. The average Bonchev–Trinajstić information content (AvgIpc) is 2.56. The van der Waals surface area contributed by atoms with Crippen LogP contribution in [0.2, 0.25) is 0 Å². The van der Waals surface area contributed by atoms with E-state index in [1.165, 1.54) is 6.33 Å². The minimum absolute atomic E-state index is 0.125. The summed E-state index contributed by atoms with van der Waals surface area (Å²) in [7, 11) is 0. The molecule has 0 N–H and O–H groups in total. The molecule has 6 heteroatoms. The molecule has 1 saturated heterocycles. The zero-order valence-electron chi connectivity index (χ0n) is 11.9. The van der Waals surface area contributed by atoms with Crippen LogP contribution >= 0.6 is 0 Å². The smallest absolute Gasteiger partial charge is 0.219 e. The van der Waals surface area contributed by atoms with E-state index >= 15 is 0 Å². The summed E-state index contributed by atoms with van der Waals surface area (Å²) in [5, 5.41) is 0. The van der Waals surface area contributed by atoms with E-state index in [4.69, 9.17) is 0 Å². The van der Waals surface area contributed by atoms with Crippen molar-refractivity contribution in [2.45, 2.75) is 25.7 Å². The highest BCUT2D eigenvalue weighted by Crippen LogP contribution is 2.26. The Labute approximate surface area is 123 Å². The summed E-state index contributed by atoms with van der Waals surface area (Å²) in [5.41, 5.74) is 2.56. The Bertz CT molecular complexity index is 631. The molecule has 1 amide bonds. The van der Waals surface area contributed by atoms with Crippen molar-refractivity contribution < 1.29 is 4.79 Å². The molecule has 1 aliphatic rings. The highest BCUT2D eigenvalue weighted by molar-refractivity contribution is 5.73. The summed E-state index contributed by atoms with van der Waals surface area (Å²) >= 11 is 0. The summed E-state index contributed by atoms with van der Waals surface area (Å²) in [6.45, 7) is 3.18. The predicted octanol–water partition coefficient (Wildman–Crippen LogP) is 1.66. The number of carbonyl (C=O) groups excluding carboxylic acids is 1. The Kier molecular flexibility index (Phi) is 3.85. The van der Waals surface area contributed by atoms with Gasteiger partial charge in [0.05, 0.1) is 17.6 Å². The minimum Gasteiger partial charge on any atom is -0.342 e. The van der Waals surface area contributed by atoms with E-state index in [0.29, 0.717) is 0 Å². The normalized spacial score (nSPS) is 18.5. The topological polar surface area (TPSA) is 71.9 Å². The monoisotopic (exact) mass is 283 g/mol. The third-order valence-corrected chi connectivity index (χ3v) is 3.79. The lowest BCUT2D eigenvalue weighted by molar-refractivity contribution is -0.130. The van der Waals surface area contributed by atoms with Crippen LogP contribution in [0.15, 0.2) is 31.1 Å². The molecule has 0 radical (unpaired) electrons. The van der Waals surface area contributed by atoms with Crippen molar-refractivity contribution in [2.24, 2.45) is 0 Å². The quantitative estimate of drug-likeness (QED) is 0.838. The summed E-state index contributed by atoms with van der Waals surface area (Å²) in [4.78, 5) is 30.4. The van der Waals surface area contributed by atoms with Crippen molar-refractivity contribution in [1.29, 1.82) is 0 Å². The van der Waals surface area contributed by atoms with Gasteiger partial charge in [-0.25, -0.2) is 15.0 Å². The minimum atomic E-state index is 0.125. The number of nitrogens with zero attached hydrogens (tertiary/aromatic N) is 5. The first-order chi connectivity index (χ1) is 10.2. The third kappa shape index (κ3) is 3.04. The maximum absolute atomic E-state index is 11.5. The van der Waals surface area contributed by atoms with Crippen molar-refractivity contribution in [1.82, 2.24) is 24.8 Å². The van der Waals surface area contributed by atoms with Gasteiger partial charge in [0.15, 0.2) is 0 Å². The predicted molar refractivity (Wildman–Crippen MR) is 77.3 cm³/mol. The van der Waals surface area contributed by atoms with Crippen LogP contribution in [0, 0.1) is 0 Å². The molecule has 2 aromatic heterocycles. The number of carbonyl (C=O) groups is 1. The molecular weight excluding hydrogens is 266 g/mol. The molecule has 3 heterocycles. The van der Waals surface area contributed by atoms with E-state index in [0.717, 1.165) is 42.9 Å². The third-order valence-electron chi connectivity index (χ3n) is 3.79. The Morgan fingerprint density at radius 3 is 2.76 bits per heavy atom. The summed E-state index contributed by atoms with van der Waals surface area (Å²) in [5.74, 6) is 0.375. The lowest BCUT2D eigenvalue weighted by Crippen LogP contribution is -2.37. The van der Waals surface area contributed by atoms with Crippen molar-refractivity contribution in [3.63, 3.8) is 0 Å². The number of hydrogen-bond acceptors (Lipinski definition) is 5. The first-order valence-corrected chi connectivity index (χ1v) is 7.07. The number of rotatable bonds is 2. The highest BCUT2D eigenvalue weighted by Gasteiger charge is 2.24. The lowest BCUT2D eigenvalue weighted by Gasteiger charge is -2.31. The van der Waals surface area contributed by atoms with Crippen LogP contribution in [0.5, 0.6) is 0 Å². The van der Waals surface area contributed by atoms with Crippen LogP contribution in [-0.4, -0.2) is 43.8 Å². The van der Waals surface area contributed by atoms with Gasteiger partial charge in [-0.05, 0) is 12.8 Å². The fraction of sp³-hybridized carbons (Fsp3) is 0.400. The Morgan fingerprint density at radius 1 is 1.19 bits per heavy atom. The number of hydrogen-bond donors (Lipinski definition) is 0. The second-order valence-electron chi connectivity index (χ2n) is 5.26. The summed E-state index contributed by atoms with van der Waals surface area (Å²) < 4.78 is 0. The zero-order chi connectivity index (χ0) is 14.7. The lowest BCUT2D eigenvalue weighted by atomic mass is 9.95. The van der Waals surface area contributed by atoms with E-state index in [2.05, 4.69) is 19.9 Å². The molecule has 2 aromatic rings. The van der Waals surface area contributed by atoms with Crippen molar-refractivity contribution >= 4 is 5.91 Å². The number of likely N-dealkylation sites (tertiary alicyclic amines) is 1. The molecule has 0 spiro atoms. The first kappa shape index (κ1) is 13.6. The van der Waals surface area contributed by atoms with Gasteiger partial charge in [-0.2, -0.15) is 0 Å². The fourth-order valence-corrected chi connectivity index (χ4v) is 2.65. The Balaban J connectivity index is 1.84. The van der Waals surface area contributed by atoms with Gasteiger partial charge in [0.2, 0.25) is 5.91 Å². The molecule has 6 nitrogen and oxygen atoms in total. The number of aromatic nitrogens is 4. The van der Waals surface area contributed by atoms with Gasteiger partial charge in [0.25, 0.3) is 0 Å². The molecule has 0 bridgehead atoms. The molecule has 1 atom stereocenters. The van der Waals surface area contributed by atoms with Crippen molar-refractivity contribution in [3.8, 4) is 11.3 Å². The molecule has 21 heavy (non-hydrogen) atoms. The molecule has 0 aromatic carbocycles. The van der Waals surface area contributed by atoms with Crippen LogP contribution in [0.4, 0.5) is 0 Å². The van der Waals surface area contributed by atoms with Gasteiger partial charge in [-0.1, -0.05) is 0 Å². The molecular formula is C15H17N5O. The zero-order valence-corrected chi connectivity index (χ0v) is 11.9. The average molecular weight is 283 g/mol. The maximum Gasteiger partial charge on any atom is 0.219 e. The number of amides is 1. The van der Waals surface area contributed by atoms with Gasteiger partial charge >= 0.3 is 0 Å². The van der Waals surface area contributed by atoms with E-state index < -0.39 is 0 Å². The second kappa shape index (κ2) is 5.95. The summed E-state index contributed by atoms with van der Waals surface area (Å²) in [6.07, 6.45) is 10.5. The van der Waals surface area contributed by atoms with Gasteiger partial charge in [-0.15, -0.1) is 0 Å². The van der Waals surface area contributed by atoms with Gasteiger partial charge in [-0.3, -0.25) is 9.78 Å². The van der Waals surface area contributed by atoms with Crippen LogP contribution in [0.25, 0.3) is 11.3 Å². The van der Waals surface area contributed by atoms with Crippen molar-refractivity contribution in [3.05, 3.63) is 36.8 Å². The molecule has 1 aliphatic heterocycles. The largest absolute Gasteiger partial charge is 0.342 e. The molecule has 1 fully saturated rings. The Hall–Kier alpha value is -2.37. The van der Waals surface area contributed by atoms with E-state index in [1.54, 1.807) is 31.7 Å². The molecule has 0 saturated carbocycles. The maximum atomic E-state index is 11.5. The van der Waals surface area contributed by atoms with Gasteiger partial charge in [0, 0.05) is 50.1 Å². The first-order valence-electron chi connectivity index (χ1n) is 7.07.